The minimum absolute atomic E-state index is 0.0751. The SMILES string of the molecule is CC(=O)c1c(C2C[C@H]3CC[C@@H](C2)N3S(C)(=O)=O)nc2c(-c3ccc(-c4ncc[nH]4)nc3)cnn2c1N. The molecule has 11 nitrogen and oxygen atoms in total. The Morgan fingerprint density at radius 2 is 1.89 bits per heavy atom. The number of aromatic nitrogens is 6. The van der Waals surface area contributed by atoms with E-state index < -0.39 is 10.0 Å². The number of carbonyl (C=O) groups excluding carboxylic acids is 1. The molecule has 1 unspecified atom stereocenters. The molecule has 2 aliphatic rings. The molecule has 2 saturated heterocycles. The number of ketones is 1. The highest BCUT2D eigenvalue weighted by atomic mass is 32.2. The number of pyridine rings is 1. The zero-order valence-corrected chi connectivity index (χ0v) is 20.7. The van der Waals surface area contributed by atoms with Crippen molar-refractivity contribution in [2.75, 3.05) is 12.0 Å². The lowest BCUT2D eigenvalue weighted by Crippen LogP contribution is -2.45. The first-order valence-corrected chi connectivity index (χ1v) is 13.7. The Morgan fingerprint density at radius 3 is 2.47 bits per heavy atom. The number of sulfonamides is 1. The van der Waals surface area contributed by atoms with Gasteiger partial charge < -0.3 is 10.7 Å². The quantitative estimate of drug-likeness (QED) is 0.392. The van der Waals surface area contributed by atoms with Gasteiger partial charge in [0, 0.05) is 47.7 Å². The molecule has 2 fully saturated rings. The number of nitrogen functional groups attached to an aromatic ring is 1. The number of nitrogens with one attached hydrogen (secondary N) is 1. The van der Waals surface area contributed by atoms with E-state index in [9.17, 15) is 13.2 Å². The summed E-state index contributed by atoms with van der Waals surface area (Å²) in [7, 11) is -3.30. The van der Waals surface area contributed by atoms with Crippen LogP contribution in [0.4, 0.5) is 5.82 Å². The van der Waals surface area contributed by atoms with Crippen LogP contribution in [0.2, 0.25) is 0 Å². The summed E-state index contributed by atoms with van der Waals surface area (Å²) in [6.07, 6.45) is 10.9. The standard InChI is InChI=1S/C24H26N8O3S/c1-13(33)20-21(15-9-16-4-5-17(10-15)32(16)36(2,34)35)30-24-18(12-29-31(24)22(20)25)14-3-6-19(28-11-14)23-26-7-8-27-23/h3,6-8,11-12,15-17H,4-5,9-10,25H2,1-2H3,(H,26,27)/t15?,16-,17+. The van der Waals surface area contributed by atoms with Crippen LogP contribution in [0.3, 0.4) is 0 Å². The van der Waals surface area contributed by atoms with Crippen molar-refractivity contribution < 1.29 is 13.2 Å². The van der Waals surface area contributed by atoms with Crippen LogP contribution in [0.1, 0.15) is 54.6 Å². The highest BCUT2D eigenvalue weighted by Gasteiger charge is 2.46. The molecule has 3 atom stereocenters. The molecule has 6 heterocycles. The summed E-state index contributed by atoms with van der Waals surface area (Å²) < 4.78 is 27.9. The molecule has 0 amide bonds. The van der Waals surface area contributed by atoms with Gasteiger partial charge in [-0.15, -0.1) is 0 Å². The number of hydrogen-bond donors (Lipinski definition) is 2. The third-order valence-corrected chi connectivity index (χ3v) is 8.68. The Hall–Kier alpha value is -3.64. The van der Waals surface area contributed by atoms with E-state index in [1.165, 1.54) is 17.7 Å². The molecule has 3 N–H and O–H groups in total. The fourth-order valence-corrected chi connectivity index (χ4v) is 7.36. The first kappa shape index (κ1) is 22.8. The van der Waals surface area contributed by atoms with Crippen LogP contribution in [0.5, 0.6) is 0 Å². The van der Waals surface area contributed by atoms with E-state index in [0.717, 1.165) is 24.0 Å². The van der Waals surface area contributed by atoms with Gasteiger partial charge in [0.05, 0.1) is 23.7 Å². The van der Waals surface area contributed by atoms with Gasteiger partial charge in [-0.1, -0.05) is 6.07 Å². The molecule has 0 aromatic carbocycles. The van der Waals surface area contributed by atoms with Gasteiger partial charge in [0.15, 0.2) is 17.3 Å². The summed E-state index contributed by atoms with van der Waals surface area (Å²) in [4.78, 5) is 29.5. The van der Waals surface area contributed by atoms with Crippen LogP contribution < -0.4 is 5.73 Å². The molecule has 2 bridgehead atoms. The minimum atomic E-state index is -3.30. The van der Waals surface area contributed by atoms with Crippen molar-refractivity contribution in [3.8, 4) is 22.6 Å². The fourth-order valence-electron chi connectivity index (χ4n) is 5.89. The normalized spacial score (nSPS) is 22.3. The Kier molecular flexibility index (Phi) is 5.20. The van der Waals surface area contributed by atoms with Crippen molar-refractivity contribution >= 4 is 27.3 Å². The third kappa shape index (κ3) is 3.59. The number of rotatable bonds is 5. The summed E-state index contributed by atoms with van der Waals surface area (Å²) in [6.45, 7) is 1.48. The molecule has 0 aliphatic carbocycles. The molecule has 2 aliphatic heterocycles. The number of piperidine rings is 1. The second-order valence-corrected chi connectivity index (χ2v) is 11.5. The number of imidazole rings is 1. The monoisotopic (exact) mass is 506 g/mol. The number of Topliss-reactive ketones (excluding diaryl/α,β-unsaturated/α-hetero) is 1. The van der Waals surface area contributed by atoms with Gasteiger partial charge in [-0.3, -0.25) is 9.78 Å². The highest BCUT2D eigenvalue weighted by molar-refractivity contribution is 7.88. The predicted octanol–water partition coefficient (Wildman–Crippen LogP) is 2.64. The maximum Gasteiger partial charge on any atom is 0.211 e. The van der Waals surface area contributed by atoms with Gasteiger partial charge >= 0.3 is 0 Å². The Balaban J connectivity index is 1.43. The number of anilines is 1. The molecule has 4 aromatic rings. The number of nitrogens with zero attached hydrogens (tertiary/aromatic N) is 6. The number of hydrogen-bond acceptors (Lipinski definition) is 8. The molecule has 0 spiro atoms. The number of carbonyl (C=O) groups is 1. The van der Waals surface area contributed by atoms with Crippen molar-refractivity contribution in [3.63, 3.8) is 0 Å². The summed E-state index contributed by atoms with van der Waals surface area (Å²) in [5.41, 5.74) is 10.3. The smallest absolute Gasteiger partial charge is 0.211 e. The van der Waals surface area contributed by atoms with Gasteiger partial charge in [0.1, 0.15) is 11.5 Å². The first-order valence-electron chi connectivity index (χ1n) is 11.8. The Morgan fingerprint density at radius 1 is 1.14 bits per heavy atom. The Labute approximate surface area is 207 Å². The van der Waals surface area contributed by atoms with Gasteiger partial charge in [0.2, 0.25) is 10.0 Å². The minimum Gasteiger partial charge on any atom is -0.383 e. The van der Waals surface area contributed by atoms with Crippen molar-refractivity contribution in [1.29, 1.82) is 0 Å². The van der Waals surface area contributed by atoms with Crippen LogP contribution in [-0.4, -0.2) is 66.4 Å². The van der Waals surface area contributed by atoms with E-state index in [-0.39, 0.29) is 29.6 Å². The maximum absolute atomic E-state index is 12.7. The Bertz CT molecular complexity index is 1560. The molecule has 0 saturated carbocycles. The topological polar surface area (TPSA) is 152 Å². The molecular weight excluding hydrogens is 480 g/mol. The predicted molar refractivity (Wildman–Crippen MR) is 134 cm³/mol. The van der Waals surface area contributed by atoms with Gasteiger partial charge in [-0.05, 0) is 38.7 Å². The summed E-state index contributed by atoms with van der Waals surface area (Å²) in [5.74, 6) is 0.657. The van der Waals surface area contributed by atoms with Gasteiger partial charge in [-0.25, -0.2) is 18.4 Å². The number of aromatic amines is 1. The molecule has 12 heteroatoms. The second-order valence-electron chi connectivity index (χ2n) is 9.62. The summed E-state index contributed by atoms with van der Waals surface area (Å²) in [5, 5.41) is 4.43. The number of nitrogens with two attached hydrogens (primary N) is 1. The lowest BCUT2D eigenvalue weighted by atomic mass is 9.86. The molecule has 0 radical (unpaired) electrons. The average molecular weight is 507 g/mol. The van der Waals surface area contributed by atoms with Crippen molar-refractivity contribution in [2.24, 2.45) is 0 Å². The van der Waals surface area contributed by atoms with Crippen LogP contribution in [-0.2, 0) is 10.0 Å². The maximum atomic E-state index is 12.7. The molecule has 36 heavy (non-hydrogen) atoms. The molecule has 6 rings (SSSR count). The van der Waals surface area contributed by atoms with E-state index in [1.807, 2.05) is 12.1 Å². The summed E-state index contributed by atoms with van der Waals surface area (Å²) >= 11 is 0. The van der Waals surface area contributed by atoms with Crippen LogP contribution >= 0.6 is 0 Å². The third-order valence-electron chi connectivity index (χ3n) is 7.31. The second kappa shape index (κ2) is 8.20. The molecular formula is C24H26N8O3S. The average Bonchev–Trinajstić information content (AvgIpc) is 3.57. The van der Waals surface area contributed by atoms with Crippen molar-refractivity contribution in [3.05, 3.63) is 48.2 Å². The van der Waals surface area contributed by atoms with Crippen molar-refractivity contribution in [1.82, 2.24) is 33.9 Å². The van der Waals surface area contributed by atoms with Crippen LogP contribution in [0.25, 0.3) is 28.3 Å². The van der Waals surface area contributed by atoms with E-state index in [0.29, 0.717) is 41.3 Å². The zero-order chi connectivity index (χ0) is 25.2. The van der Waals surface area contributed by atoms with E-state index >= 15 is 0 Å². The first-order chi connectivity index (χ1) is 17.2. The highest BCUT2D eigenvalue weighted by Crippen LogP contribution is 2.45. The lowest BCUT2D eigenvalue weighted by molar-refractivity contribution is 0.101. The van der Waals surface area contributed by atoms with Gasteiger partial charge in [-0.2, -0.15) is 13.9 Å². The van der Waals surface area contributed by atoms with Crippen molar-refractivity contribution in [2.45, 2.75) is 50.6 Å². The molecule has 186 valence electrons. The van der Waals surface area contributed by atoms with E-state index in [2.05, 4.69) is 20.1 Å². The van der Waals surface area contributed by atoms with Gasteiger partial charge in [0.25, 0.3) is 0 Å². The summed E-state index contributed by atoms with van der Waals surface area (Å²) in [6, 6.07) is 3.60. The van der Waals surface area contributed by atoms with E-state index in [1.54, 1.807) is 29.1 Å². The van der Waals surface area contributed by atoms with E-state index in [4.69, 9.17) is 10.7 Å². The molecule has 4 aromatic heterocycles. The number of H-pyrrole nitrogens is 1. The van der Waals surface area contributed by atoms with Crippen LogP contribution in [0.15, 0.2) is 36.9 Å². The zero-order valence-electron chi connectivity index (χ0n) is 19.9. The number of fused-ring (bicyclic) bond motifs is 3. The van der Waals surface area contributed by atoms with Crippen LogP contribution in [0, 0.1) is 0 Å². The fraction of sp³-hybridized carbons (Fsp3) is 0.375. The lowest BCUT2D eigenvalue weighted by Gasteiger charge is -2.37. The largest absolute Gasteiger partial charge is 0.383 e.